The van der Waals surface area contributed by atoms with E-state index in [9.17, 15) is 14.7 Å². The van der Waals surface area contributed by atoms with Crippen LogP contribution in [0, 0.1) is 39.9 Å². The summed E-state index contributed by atoms with van der Waals surface area (Å²) >= 11 is 0. The van der Waals surface area contributed by atoms with Crippen LogP contribution in [0.4, 0.5) is 0 Å². The molecule has 0 unspecified atom stereocenters. The number of esters is 1. The zero-order valence-corrected chi connectivity index (χ0v) is 19.7. The van der Waals surface area contributed by atoms with Gasteiger partial charge in [-0.15, -0.1) is 0 Å². The molecular formula is C26H42O4. The Labute approximate surface area is 182 Å². The first kappa shape index (κ1) is 22.3. The monoisotopic (exact) mass is 418 g/mol. The summed E-state index contributed by atoms with van der Waals surface area (Å²) in [5, 5.41) is 12.2. The van der Waals surface area contributed by atoms with E-state index in [-0.39, 0.29) is 34.7 Å². The molecule has 0 aromatic rings. The van der Waals surface area contributed by atoms with E-state index in [1.54, 1.807) is 0 Å². The van der Waals surface area contributed by atoms with Gasteiger partial charge in [0, 0.05) is 16.7 Å². The zero-order chi connectivity index (χ0) is 21.9. The van der Waals surface area contributed by atoms with Gasteiger partial charge in [0.25, 0.3) is 0 Å². The zero-order valence-electron chi connectivity index (χ0n) is 19.7. The van der Waals surface area contributed by atoms with E-state index in [1.165, 1.54) is 19.1 Å². The normalized spacial score (nSPS) is 46.9. The average Bonchev–Trinajstić information content (AvgIpc) is 2.98. The van der Waals surface area contributed by atoms with Gasteiger partial charge >= 0.3 is 5.97 Å². The van der Waals surface area contributed by atoms with Gasteiger partial charge in [0.1, 0.15) is 12.4 Å². The van der Waals surface area contributed by atoms with Crippen molar-refractivity contribution in [3.63, 3.8) is 0 Å². The maximum atomic E-state index is 12.5. The minimum absolute atomic E-state index is 0.162. The van der Waals surface area contributed by atoms with Crippen LogP contribution >= 0.6 is 0 Å². The molecule has 0 radical (unpaired) electrons. The molecule has 0 spiro atoms. The lowest BCUT2D eigenvalue weighted by Crippen LogP contribution is -2.63. The Kier molecular flexibility index (Phi) is 5.44. The van der Waals surface area contributed by atoms with E-state index in [0.29, 0.717) is 11.8 Å². The number of aldehydes is 1. The molecule has 0 amide bonds. The fraction of sp³-hybridized carbons (Fsp3) is 0.923. The van der Waals surface area contributed by atoms with Crippen molar-refractivity contribution >= 4 is 12.3 Å². The predicted octanol–water partition coefficient (Wildman–Crippen LogP) is 5.31. The molecule has 0 bridgehead atoms. The molecule has 4 rings (SSSR count). The lowest BCUT2D eigenvalue weighted by molar-refractivity contribution is -0.213. The second kappa shape index (κ2) is 7.32. The smallest absolute Gasteiger partial charge is 0.311 e. The molecule has 1 N–H and O–H groups in total. The summed E-state index contributed by atoms with van der Waals surface area (Å²) < 4.78 is 5.91. The maximum Gasteiger partial charge on any atom is 0.311 e. The van der Waals surface area contributed by atoms with E-state index in [2.05, 4.69) is 6.92 Å². The molecule has 0 aromatic heterocycles. The molecule has 0 heterocycles. The number of rotatable bonds is 3. The fourth-order valence-electron chi connectivity index (χ4n) is 8.38. The molecule has 0 aliphatic heterocycles. The van der Waals surface area contributed by atoms with Crippen molar-refractivity contribution in [3.05, 3.63) is 0 Å². The van der Waals surface area contributed by atoms with Crippen molar-refractivity contribution in [2.45, 2.75) is 111 Å². The molecule has 30 heavy (non-hydrogen) atoms. The Morgan fingerprint density at radius 1 is 1.03 bits per heavy atom. The highest BCUT2D eigenvalue weighted by molar-refractivity contribution is 5.75. The van der Waals surface area contributed by atoms with Crippen molar-refractivity contribution in [2.24, 2.45) is 39.9 Å². The lowest BCUT2D eigenvalue weighted by Gasteiger charge is -2.62. The van der Waals surface area contributed by atoms with Gasteiger partial charge in [-0.25, -0.2) is 0 Å². The van der Waals surface area contributed by atoms with Crippen LogP contribution in [0.15, 0.2) is 0 Å². The Bertz CT molecular complexity index is 696. The summed E-state index contributed by atoms with van der Waals surface area (Å²) in [5.74, 6) is 1.04. The van der Waals surface area contributed by atoms with E-state index in [1.807, 2.05) is 27.7 Å². The van der Waals surface area contributed by atoms with Crippen LogP contribution in [0.1, 0.15) is 98.8 Å². The van der Waals surface area contributed by atoms with Crippen molar-refractivity contribution in [3.8, 4) is 0 Å². The first-order valence-electron chi connectivity index (χ1n) is 12.4. The molecule has 170 valence electrons. The van der Waals surface area contributed by atoms with Crippen LogP contribution < -0.4 is 0 Å². The molecule has 0 saturated heterocycles. The van der Waals surface area contributed by atoms with Crippen LogP contribution in [-0.2, 0) is 14.3 Å². The molecule has 4 aliphatic carbocycles. The number of aliphatic hydroxyl groups is 1. The van der Waals surface area contributed by atoms with E-state index in [4.69, 9.17) is 4.74 Å². The minimum atomic E-state index is -0.749. The van der Waals surface area contributed by atoms with Crippen molar-refractivity contribution in [1.29, 1.82) is 0 Å². The third-order valence-electron chi connectivity index (χ3n) is 10.1. The second-order valence-electron chi connectivity index (χ2n) is 12.3. The quantitative estimate of drug-likeness (QED) is 0.498. The van der Waals surface area contributed by atoms with Crippen molar-refractivity contribution < 1.29 is 19.4 Å². The van der Waals surface area contributed by atoms with Gasteiger partial charge in [-0.1, -0.05) is 19.8 Å². The standard InChI is InChI=1S/C26H42O4/c1-17(30-22(28)23(2,3)4)19-12-15-26(29)21-10-9-18-8-6-7-13-25(18,16-27)20(21)11-14-24(19,26)5/h16-21,29H,6-15H2,1-5H3/t17-,18-,19+,20-,21+,24+,25+,26-/m0/s1. The number of fused-ring (bicyclic) bond motifs is 5. The van der Waals surface area contributed by atoms with Crippen LogP contribution in [0.3, 0.4) is 0 Å². The molecular weight excluding hydrogens is 376 g/mol. The van der Waals surface area contributed by atoms with Crippen LogP contribution in [0.2, 0.25) is 0 Å². The van der Waals surface area contributed by atoms with Gasteiger partial charge in [0.15, 0.2) is 0 Å². The molecule has 8 atom stereocenters. The van der Waals surface area contributed by atoms with E-state index in [0.717, 1.165) is 51.4 Å². The van der Waals surface area contributed by atoms with Gasteiger partial charge in [-0.2, -0.15) is 0 Å². The van der Waals surface area contributed by atoms with E-state index >= 15 is 0 Å². The molecule has 0 aromatic carbocycles. The Morgan fingerprint density at radius 3 is 2.43 bits per heavy atom. The Morgan fingerprint density at radius 2 is 1.77 bits per heavy atom. The highest BCUT2D eigenvalue weighted by atomic mass is 16.5. The summed E-state index contributed by atoms with van der Waals surface area (Å²) in [5.41, 5.74) is -1.73. The maximum absolute atomic E-state index is 12.5. The molecule has 4 heteroatoms. The topological polar surface area (TPSA) is 63.6 Å². The van der Waals surface area contributed by atoms with E-state index < -0.39 is 11.0 Å². The number of carbonyl (C=O) groups excluding carboxylic acids is 2. The van der Waals surface area contributed by atoms with Crippen LogP contribution in [0.25, 0.3) is 0 Å². The number of hydrogen-bond donors (Lipinski definition) is 1. The summed E-state index contributed by atoms with van der Waals surface area (Å²) in [6.45, 7) is 9.93. The number of hydrogen-bond acceptors (Lipinski definition) is 4. The molecule has 4 nitrogen and oxygen atoms in total. The second-order valence-corrected chi connectivity index (χ2v) is 12.3. The van der Waals surface area contributed by atoms with Crippen LogP contribution in [0.5, 0.6) is 0 Å². The Balaban J connectivity index is 1.60. The molecule has 4 aliphatic rings. The lowest BCUT2D eigenvalue weighted by atomic mass is 9.43. The average molecular weight is 419 g/mol. The minimum Gasteiger partial charge on any atom is -0.462 e. The highest BCUT2D eigenvalue weighted by Crippen LogP contribution is 2.69. The first-order chi connectivity index (χ1) is 14.0. The van der Waals surface area contributed by atoms with Gasteiger partial charge in [-0.3, -0.25) is 4.79 Å². The first-order valence-corrected chi connectivity index (χ1v) is 12.4. The summed E-state index contributed by atoms with van der Waals surface area (Å²) in [4.78, 5) is 25.0. The fourth-order valence-corrected chi connectivity index (χ4v) is 8.38. The third-order valence-corrected chi connectivity index (χ3v) is 10.1. The summed E-state index contributed by atoms with van der Waals surface area (Å²) in [6, 6.07) is 0. The van der Waals surface area contributed by atoms with Gasteiger partial charge in [0.2, 0.25) is 0 Å². The SMILES string of the molecule is C[C@H](OC(=O)C(C)(C)C)[C@H]1CC[C@]2(O)[C@@H]3CC[C@@H]4CCCC[C@]4(C=O)[C@H]3CC[C@]12C. The predicted molar refractivity (Wildman–Crippen MR) is 117 cm³/mol. The van der Waals surface area contributed by atoms with Crippen LogP contribution in [-0.4, -0.2) is 29.1 Å². The van der Waals surface area contributed by atoms with Gasteiger partial charge < -0.3 is 14.6 Å². The molecule has 4 saturated carbocycles. The molecule has 4 fully saturated rings. The summed E-state index contributed by atoms with van der Waals surface area (Å²) in [7, 11) is 0. The number of ether oxygens (including phenoxy) is 1. The van der Waals surface area contributed by atoms with Gasteiger partial charge in [0.05, 0.1) is 11.0 Å². The van der Waals surface area contributed by atoms with Crippen molar-refractivity contribution in [2.75, 3.05) is 0 Å². The number of carbonyl (C=O) groups is 2. The summed E-state index contributed by atoms with van der Waals surface area (Å²) in [6.07, 6.45) is 11.4. The third kappa shape index (κ3) is 3.03. The van der Waals surface area contributed by atoms with Gasteiger partial charge in [-0.05, 0) is 96.8 Å². The highest BCUT2D eigenvalue weighted by Gasteiger charge is 2.68. The Hall–Kier alpha value is -0.900. The van der Waals surface area contributed by atoms with Crippen molar-refractivity contribution in [1.82, 2.24) is 0 Å². The largest absolute Gasteiger partial charge is 0.462 e.